The van der Waals surface area contributed by atoms with Crippen LogP contribution in [0.25, 0.3) is 0 Å². The second kappa shape index (κ2) is 5.54. The third-order valence-electron chi connectivity index (χ3n) is 1.78. The summed E-state index contributed by atoms with van der Waals surface area (Å²) in [7, 11) is 0. The SMILES string of the molecule is CC(C)(C)OC(=O)NC[CH]c1ccccc1. The fourth-order valence-electron chi connectivity index (χ4n) is 1.16. The fraction of sp³-hybridized carbons (Fsp3) is 0.385. The molecule has 1 amide bonds. The molecule has 87 valence electrons. The molecule has 0 aliphatic rings. The second-order valence-electron chi connectivity index (χ2n) is 4.50. The molecule has 0 spiro atoms. The lowest BCUT2D eigenvalue weighted by molar-refractivity contribution is 0.0532. The summed E-state index contributed by atoms with van der Waals surface area (Å²) in [5.74, 6) is 0. The minimum atomic E-state index is -0.448. The largest absolute Gasteiger partial charge is 0.444 e. The van der Waals surface area contributed by atoms with Crippen LogP contribution in [0.2, 0.25) is 0 Å². The van der Waals surface area contributed by atoms with E-state index in [4.69, 9.17) is 4.74 Å². The third-order valence-corrected chi connectivity index (χ3v) is 1.78. The molecular weight excluding hydrogens is 202 g/mol. The van der Waals surface area contributed by atoms with E-state index in [0.717, 1.165) is 5.56 Å². The normalized spacial score (nSPS) is 10.9. The van der Waals surface area contributed by atoms with Gasteiger partial charge < -0.3 is 10.1 Å². The quantitative estimate of drug-likeness (QED) is 0.850. The topological polar surface area (TPSA) is 38.3 Å². The van der Waals surface area contributed by atoms with Crippen molar-refractivity contribution in [2.24, 2.45) is 0 Å². The Balaban J connectivity index is 2.24. The zero-order valence-corrected chi connectivity index (χ0v) is 9.99. The Morgan fingerprint density at radius 3 is 2.50 bits per heavy atom. The molecule has 1 rings (SSSR count). The first-order chi connectivity index (χ1) is 7.47. The summed E-state index contributed by atoms with van der Waals surface area (Å²) < 4.78 is 5.11. The number of alkyl carbamates (subject to hydrolysis) is 1. The Bertz CT molecular complexity index is 328. The van der Waals surface area contributed by atoms with Gasteiger partial charge in [-0.1, -0.05) is 30.3 Å². The number of ether oxygens (including phenoxy) is 1. The Labute approximate surface area is 96.8 Å². The van der Waals surface area contributed by atoms with E-state index in [1.165, 1.54) is 0 Å². The van der Waals surface area contributed by atoms with Crippen molar-refractivity contribution in [1.82, 2.24) is 5.32 Å². The van der Waals surface area contributed by atoms with Crippen molar-refractivity contribution in [3.63, 3.8) is 0 Å². The number of hydrogen-bond acceptors (Lipinski definition) is 2. The molecule has 0 saturated heterocycles. The van der Waals surface area contributed by atoms with Gasteiger partial charge in [0.2, 0.25) is 0 Å². The summed E-state index contributed by atoms with van der Waals surface area (Å²) in [6.07, 6.45) is 1.55. The van der Waals surface area contributed by atoms with Gasteiger partial charge in [0.05, 0.1) is 0 Å². The first-order valence-electron chi connectivity index (χ1n) is 5.32. The number of carbonyl (C=O) groups excluding carboxylic acids is 1. The van der Waals surface area contributed by atoms with E-state index in [9.17, 15) is 4.79 Å². The smallest absolute Gasteiger partial charge is 0.407 e. The second-order valence-corrected chi connectivity index (χ2v) is 4.50. The molecule has 0 fully saturated rings. The molecule has 0 aliphatic heterocycles. The van der Waals surface area contributed by atoms with Crippen molar-refractivity contribution in [3.05, 3.63) is 42.3 Å². The van der Waals surface area contributed by atoms with Crippen LogP contribution in [0.5, 0.6) is 0 Å². The summed E-state index contributed by atoms with van der Waals surface area (Å²) in [6, 6.07) is 9.84. The Morgan fingerprint density at radius 2 is 1.94 bits per heavy atom. The molecule has 0 atom stereocenters. The van der Waals surface area contributed by atoms with Crippen LogP contribution in [-0.4, -0.2) is 18.2 Å². The molecule has 1 N–H and O–H groups in total. The lowest BCUT2D eigenvalue weighted by atomic mass is 10.1. The van der Waals surface area contributed by atoms with Crippen LogP contribution in [0.1, 0.15) is 26.3 Å². The van der Waals surface area contributed by atoms with E-state index in [1.54, 1.807) is 0 Å². The Morgan fingerprint density at radius 1 is 1.31 bits per heavy atom. The molecular formula is C13H18NO2. The number of hydrogen-bond donors (Lipinski definition) is 1. The van der Waals surface area contributed by atoms with Gasteiger partial charge in [0.15, 0.2) is 0 Å². The van der Waals surface area contributed by atoms with Gasteiger partial charge in [0.1, 0.15) is 5.60 Å². The number of benzene rings is 1. The van der Waals surface area contributed by atoms with Gasteiger partial charge >= 0.3 is 6.09 Å². The molecule has 0 heterocycles. The predicted octanol–water partition coefficient (Wildman–Crippen LogP) is 2.76. The summed E-state index contributed by atoms with van der Waals surface area (Å²) in [6.45, 7) is 5.99. The van der Waals surface area contributed by atoms with Crippen molar-refractivity contribution in [2.45, 2.75) is 26.4 Å². The molecule has 0 saturated carbocycles. The van der Waals surface area contributed by atoms with E-state index in [-0.39, 0.29) is 6.09 Å². The predicted molar refractivity (Wildman–Crippen MR) is 64.1 cm³/mol. The average Bonchev–Trinajstić information content (AvgIpc) is 2.16. The number of amides is 1. The standard InChI is InChI=1S/C13H18NO2/c1-13(2,3)16-12(15)14-10-9-11-7-5-4-6-8-11/h4-9H,10H2,1-3H3,(H,14,15). The van der Waals surface area contributed by atoms with Gasteiger partial charge in [-0.2, -0.15) is 0 Å². The van der Waals surface area contributed by atoms with E-state index >= 15 is 0 Å². The van der Waals surface area contributed by atoms with Gasteiger partial charge in [-0.3, -0.25) is 0 Å². The van der Waals surface area contributed by atoms with Gasteiger partial charge in [0.25, 0.3) is 0 Å². The number of rotatable bonds is 3. The van der Waals surface area contributed by atoms with Crippen molar-refractivity contribution in [1.29, 1.82) is 0 Å². The summed E-state index contributed by atoms with van der Waals surface area (Å²) in [5, 5.41) is 2.67. The van der Waals surface area contributed by atoms with Crippen molar-refractivity contribution < 1.29 is 9.53 Å². The van der Waals surface area contributed by atoms with Crippen molar-refractivity contribution in [3.8, 4) is 0 Å². The first-order valence-corrected chi connectivity index (χ1v) is 5.32. The maximum absolute atomic E-state index is 11.3. The van der Waals surface area contributed by atoms with Gasteiger partial charge in [0, 0.05) is 13.0 Å². The minimum Gasteiger partial charge on any atom is -0.444 e. The zero-order chi connectivity index (χ0) is 12.0. The number of carbonyl (C=O) groups is 1. The van der Waals surface area contributed by atoms with Crippen LogP contribution in [0.15, 0.2) is 30.3 Å². The minimum absolute atomic E-state index is 0.389. The highest BCUT2D eigenvalue weighted by Gasteiger charge is 2.15. The van der Waals surface area contributed by atoms with Crippen LogP contribution < -0.4 is 5.32 Å². The molecule has 1 radical (unpaired) electrons. The Hall–Kier alpha value is -1.51. The average molecular weight is 220 g/mol. The Kier molecular flexibility index (Phi) is 4.35. The van der Waals surface area contributed by atoms with Gasteiger partial charge in [-0.05, 0) is 26.3 Å². The molecule has 0 unspecified atom stereocenters. The maximum Gasteiger partial charge on any atom is 0.407 e. The molecule has 0 aromatic heterocycles. The summed E-state index contributed by atoms with van der Waals surface area (Å²) in [4.78, 5) is 11.3. The molecule has 16 heavy (non-hydrogen) atoms. The van der Waals surface area contributed by atoms with Crippen LogP contribution in [0.4, 0.5) is 4.79 Å². The molecule has 3 heteroatoms. The van der Waals surface area contributed by atoms with Crippen molar-refractivity contribution >= 4 is 6.09 Å². The van der Waals surface area contributed by atoms with Gasteiger partial charge in [-0.25, -0.2) is 4.79 Å². The summed E-state index contributed by atoms with van der Waals surface area (Å²) in [5.41, 5.74) is 0.634. The fourth-order valence-corrected chi connectivity index (χ4v) is 1.16. The first kappa shape index (κ1) is 12.6. The van der Waals surface area contributed by atoms with Crippen LogP contribution in [0.3, 0.4) is 0 Å². The van der Waals surface area contributed by atoms with Crippen LogP contribution in [-0.2, 0) is 4.74 Å². The zero-order valence-electron chi connectivity index (χ0n) is 9.99. The summed E-state index contributed by atoms with van der Waals surface area (Å²) >= 11 is 0. The lowest BCUT2D eigenvalue weighted by Gasteiger charge is -2.19. The highest BCUT2D eigenvalue weighted by Crippen LogP contribution is 2.06. The lowest BCUT2D eigenvalue weighted by Crippen LogP contribution is -2.33. The highest BCUT2D eigenvalue weighted by molar-refractivity contribution is 5.67. The molecule has 3 nitrogen and oxygen atoms in total. The molecule has 1 aromatic rings. The van der Waals surface area contributed by atoms with E-state index in [0.29, 0.717) is 6.54 Å². The van der Waals surface area contributed by atoms with E-state index in [2.05, 4.69) is 5.32 Å². The third kappa shape index (κ3) is 5.39. The van der Waals surface area contributed by atoms with E-state index in [1.807, 2.05) is 57.5 Å². The molecule has 0 bridgehead atoms. The van der Waals surface area contributed by atoms with Crippen LogP contribution >= 0.6 is 0 Å². The van der Waals surface area contributed by atoms with E-state index < -0.39 is 5.60 Å². The maximum atomic E-state index is 11.3. The van der Waals surface area contributed by atoms with Crippen LogP contribution in [0, 0.1) is 6.42 Å². The number of nitrogens with one attached hydrogen (secondary N) is 1. The van der Waals surface area contributed by atoms with Crippen molar-refractivity contribution in [2.75, 3.05) is 6.54 Å². The van der Waals surface area contributed by atoms with Gasteiger partial charge in [-0.15, -0.1) is 0 Å². The monoisotopic (exact) mass is 220 g/mol. The highest BCUT2D eigenvalue weighted by atomic mass is 16.6. The molecule has 1 aromatic carbocycles. The molecule has 0 aliphatic carbocycles.